The molecule has 4 aromatic rings. The molecule has 148 valence electrons. The van der Waals surface area contributed by atoms with Crippen molar-refractivity contribution in [3.8, 4) is 11.4 Å². The maximum atomic E-state index is 4.69. The second-order valence-electron chi connectivity index (χ2n) is 6.97. The number of nitrogens with one attached hydrogen (secondary N) is 1. The first-order valence-corrected chi connectivity index (χ1v) is 10.1. The number of benzene rings is 1. The Bertz CT molecular complexity index is 1070. The van der Waals surface area contributed by atoms with Crippen LogP contribution in [0.5, 0.6) is 0 Å². The Hall–Kier alpha value is -3.25. The Morgan fingerprint density at radius 2 is 1.79 bits per heavy atom. The van der Waals surface area contributed by atoms with E-state index in [9.17, 15) is 0 Å². The van der Waals surface area contributed by atoms with Crippen LogP contribution in [-0.4, -0.2) is 37.3 Å². The van der Waals surface area contributed by atoms with Gasteiger partial charge < -0.3 is 5.32 Å². The van der Waals surface area contributed by atoms with Crippen LogP contribution in [0.1, 0.15) is 25.0 Å². The van der Waals surface area contributed by atoms with Gasteiger partial charge >= 0.3 is 0 Å². The Labute approximate surface area is 171 Å². The van der Waals surface area contributed by atoms with Crippen LogP contribution in [0.3, 0.4) is 0 Å². The van der Waals surface area contributed by atoms with E-state index < -0.39 is 0 Å². The molecule has 4 rings (SSSR count). The first-order valence-electron chi connectivity index (χ1n) is 10.1. The molecule has 3 heterocycles. The average molecular weight is 387 g/mol. The van der Waals surface area contributed by atoms with Gasteiger partial charge in [0, 0.05) is 25.5 Å². The highest BCUT2D eigenvalue weighted by Crippen LogP contribution is 2.21. The zero-order valence-corrected chi connectivity index (χ0v) is 16.9. The van der Waals surface area contributed by atoms with Gasteiger partial charge in [0.2, 0.25) is 5.95 Å². The SMILES string of the molecule is CCN(CC)Cc1ccn2c(-c3ccnc(NCc4ccccc4)n3)cnc2c1. The van der Waals surface area contributed by atoms with E-state index in [1.165, 1.54) is 11.1 Å². The quantitative estimate of drug-likeness (QED) is 0.491. The highest BCUT2D eigenvalue weighted by molar-refractivity contribution is 5.61. The van der Waals surface area contributed by atoms with E-state index in [1.54, 1.807) is 6.20 Å². The van der Waals surface area contributed by atoms with Crippen LogP contribution in [0.2, 0.25) is 0 Å². The number of fused-ring (bicyclic) bond motifs is 1. The topological polar surface area (TPSA) is 58.4 Å². The van der Waals surface area contributed by atoms with Gasteiger partial charge in [-0.1, -0.05) is 44.2 Å². The van der Waals surface area contributed by atoms with Crippen molar-refractivity contribution in [3.63, 3.8) is 0 Å². The number of anilines is 1. The smallest absolute Gasteiger partial charge is 0.223 e. The molecule has 6 nitrogen and oxygen atoms in total. The van der Waals surface area contributed by atoms with Crippen LogP contribution < -0.4 is 5.32 Å². The summed E-state index contributed by atoms with van der Waals surface area (Å²) in [5.74, 6) is 0.611. The highest BCUT2D eigenvalue weighted by Gasteiger charge is 2.10. The molecule has 0 bridgehead atoms. The van der Waals surface area contributed by atoms with E-state index in [1.807, 2.05) is 30.5 Å². The van der Waals surface area contributed by atoms with Crippen molar-refractivity contribution in [1.29, 1.82) is 0 Å². The number of imidazole rings is 1. The van der Waals surface area contributed by atoms with E-state index >= 15 is 0 Å². The van der Waals surface area contributed by atoms with Crippen LogP contribution in [0.25, 0.3) is 17.0 Å². The third kappa shape index (κ3) is 4.43. The van der Waals surface area contributed by atoms with Crippen LogP contribution in [0.15, 0.2) is 67.1 Å². The van der Waals surface area contributed by atoms with Gasteiger partial charge in [0.1, 0.15) is 5.65 Å². The lowest BCUT2D eigenvalue weighted by molar-refractivity contribution is 0.296. The van der Waals surface area contributed by atoms with E-state index in [-0.39, 0.29) is 0 Å². The van der Waals surface area contributed by atoms with Crippen LogP contribution >= 0.6 is 0 Å². The minimum atomic E-state index is 0.611. The van der Waals surface area contributed by atoms with Gasteiger partial charge in [-0.05, 0) is 42.4 Å². The fourth-order valence-corrected chi connectivity index (χ4v) is 3.38. The minimum absolute atomic E-state index is 0.611. The lowest BCUT2D eigenvalue weighted by atomic mass is 10.2. The maximum absolute atomic E-state index is 4.69. The lowest BCUT2D eigenvalue weighted by Crippen LogP contribution is -2.22. The molecule has 0 atom stereocenters. The van der Waals surface area contributed by atoms with Crippen molar-refractivity contribution >= 4 is 11.6 Å². The third-order valence-corrected chi connectivity index (χ3v) is 5.09. The van der Waals surface area contributed by atoms with Crippen LogP contribution in [0, 0.1) is 0 Å². The molecule has 0 aliphatic carbocycles. The molecule has 1 N–H and O–H groups in total. The second kappa shape index (κ2) is 8.84. The zero-order valence-electron chi connectivity index (χ0n) is 16.9. The molecule has 0 spiro atoms. The summed E-state index contributed by atoms with van der Waals surface area (Å²) in [6.45, 7) is 8.09. The molecule has 3 aromatic heterocycles. The molecule has 0 fully saturated rings. The maximum Gasteiger partial charge on any atom is 0.223 e. The van der Waals surface area contributed by atoms with Gasteiger partial charge in [0.15, 0.2) is 0 Å². The summed E-state index contributed by atoms with van der Waals surface area (Å²) in [5.41, 5.74) is 5.20. The van der Waals surface area contributed by atoms with Gasteiger partial charge in [-0.25, -0.2) is 15.0 Å². The van der Waals surface area contributed by atoms with E-state index in [0.29, 0.717) is 12.5 Å². The molecular formula is C23H26N6. The number of pyridine rings is 1. The summed E-state index contributed by atoms with van der Waals surface area (Å²) >= 11 is 0. The van der Waals surface area contributed by atoms with Crippen molar-refractivity contribution in [2.24, 2.45) is 0 Å². The van der Waals surface area contributed by atoms with Crippen molar-refractivity contribution in [2.75, 3.05) is 18.4 Å². The van der Waals surface area contributed by atoms with Gasteiger partial charge in [0.25, 0.3) is 0 Å². The predicted molar refractivity (Wildman–Crippen MR) is 117 cm³/mol. The van der Waals surface area contributed by atoms with Crippen molar-refractivity contribution < 1.29 is 0 Å². The standard InChI is InChI=1S/C23H26N6/c1-3-28(4-2)17-19-11-13-29-21(16-25-22(29)14-19)20-10-12-24-23(27-20)26-15-18-8-6-5-7-9-18/h5-14,16H,3-4,15,17H2,1-2H3,(H,24,26,27). The number of hydrogen-bond acceptors (Lipinski definition) is 5. The highest BCUT2D eigenvalue weighted by atomic mass is 15.1. The summed E-state index contributed by atoms with van der Waals surface area (Å²) < 4.78 is 2.08. The number of aromatic nitrogens is 4. The molecule has 0 aliphatic rings. The molecule has 0 radical (unpaired) electrons. The van der Waals surface area contributed by atoms with Crippen molar-refractivity contribution in [1.82, 2.24) is 24.3 Å². The molecule has 1 aromatic carbocycles. The number of rotatable bonds is 8. The fourth-order valence-electron chi connectivity index (χ4n) is 3.38. The first-order chi connectivity index (χ1) is 14.3. The average Bonchev–Trinajstić information content (AvgIpc) is 3.20. The summed E-state index contributed by atoms with van der Waals surface area (Å²) in [4.78, 5) is 16.0. The van der Waals surface area contributed by atoms with E-state index in [0.717, 1.165) is 36.7 Å². The summed E-state index contributed by atoms with van der Waals surface area (Å²) in [5, 5.41) is 3.30. The number of hydrogen-bond donors (Lipinski definition) is 1. The summed E-state index contributed by atoms with van der Waals surface area (Å²) in [7, 11) is 0. The summed E-state index contributed by atoms with van der Waals surface area (Å²) in [6, 6.07) is 16.5. The number of nitrogens with zero attached hydrogens (tertiary/aromatic N) is 5. The molecular weight excluding hydrogens is 360 g/mol. The molecule has 6 heteroatoms. The molecule has 0 aliphatic heterocycles. The van der Waals surface area contributed by atoms with Crippen molar-refractivity contribution in [2.45, 2.75) is 26.9 Å². The first kappa shape index (κ1) is 19.1. The Kier molecular flexibility index (Phi) is 5.81. The normalized spacial score (nSPS) is 11.3. The second-order valence-corrected chi connectivity index (χ2v) is 6.97. The zero-order chi connectivity index (χ0) is 20.1. The minimum Gasteiger partial charge on any atom is -0.350 e. The lowest BCUT2D eigenvalue weighted by Gasteiger charge is -2.17. The largest absolute Gasteiger partial charge is 0.350 e. The van der Waals surface area contributed by atoms with E-state index in [2.05, 4.69) is 73.9 Å². The molecule has 0 saturated carbocycles. The van der Waals surface area contributed by atoms with E-state index in [4.69, 9.17) is 0 Å². The molecule has 0 amide bonds. The van der Waals surface area contributed by atoms with Gasteiger partial charge in [-0.2, -0.15) is 0 Å². The van der Waals surface area contributed by atoms with Gasteiger partial charge in [0.05, 0.1) is 17.6 Å². The van der Waals surface area contributed by atoms with Crippen LogP contribution in [-0.2, 0) is 13.1 Å². The predicted octanol–water partition coefficient (Wildman–Crippen LogP) is 4.25. The molecule has 29 heavy (non-hydrogen) atoms. The summed E-state index contributed by atoms with van der Waals surface area (Å²) in [6.07, 6.45) is 5.74. The van der Waals surface area contributed by atoms with Gasteiger partial charge in [-0.3, -0.25) is 9.30 Å². The molecule has 0 unspecified atom stereocenters. The Balaban J connectivity index is 1.55. The van der Waals surface area contributed by atoms with Gasteiger partial charge in [-0.15, -0.1) is 0 Å². The Morgan fingerprint density at radius 3 is 2.59 bits per heavy atom. The Morgan fingerprint density at radius 1 is 0.966 bits per heavy atom. The van der Waals surface area contributed by atoms with Crippen molar-refractivity contribution in [3.05, 3.63) is 78.2 Å². The van der Waals surface area contributed by atoms with Crippen LogP contribution in [0.4, 0.5) is 5.95 Å². The fraction of sp³-hybridized carbons (Fsp3) is 0.261. The monoisotopic (exact) mass is 386 g/mol. The third-order valence-electron chi connectivity index (χ3n) is 5.09. The molecule has 0 saturated heterocycles.